The number of allylic oxidation sites excluding steroid dienone is 4. The average Bonchev–Trinajstić information content (AvgIpc) is 3.80. The van der Waals surface area contributed by atoms with E-state index in [1.807, 2.05) is 0 Å². The Kier molecular flexibility index (Phi) is 18.4. The van der Waals surface area contributed by atoms with E-state index < -0.39 is 30.0 Å². The van der Waals surface area contributed by atoms with Crippen LogP contribution in [0, 0.1) is 0 Å². The lowest BCUT2D eigenvalue weighted by atomic mass is 10.0. The SMILES string of the molecule is CCCCC/C=C\C/C=C\CCCCCCCC(=O)N1CCC[C@H]1C(=O)N1CCC[C@H]1C(=O)CCC(=O)N[C@@H](Cc1ccc(O)cc1)C(=O)O. The third kappa shape index (κ3) is 14.1. The van der Waals surface area contributed by atoms with Gasteiger partial charge in [-0.15, -0.1) is 0 Å². The van der Waals surface area contributed by atoms with Gasteiger partial charge in [0.2, 0.25) is 17.7 Å². The molecule has 3 atom stereocenters. The van der Waals surface area contributed by atoms with Gasteiger partial charge >= 0.3 is 5.97 Å². The van der Waals surface area contributed by atoms with E-state index in [0.29, 0.717) is 44.3 Å². The zero-order chi connectivity index (χ0) is 36.1. The van der Waals surface area contributed by atoms with Crippen LogP contribution >= 0.6 is 0 Å². The van der Waals surface area contributed by atoms with Crippen LogP contribution in [0.3, 0.4) is 0 Å². The van der Waals surface area contributed by atoms with Gasteiger partial charge in [-0.1, -0.05) is 75.5 Å². The standard InChI is InChI=1S/C40H59N3O7/c1-2-3-4-5-6-7-8-9-10-11-12-13-14-15-16-21-38(47)42-28-18-20-35(42)39(48)43-29-17-19-34(43)36(45)26-27-37(46)41-33(40(49)50)30-31-22-24-32(44)25-23-31/h6-7,9-10,22-25,33-35,44H,2-5,8,11-21,26-30H2,1H3,(H,41,46)(H,49,50)/b7-6-,10-9-/t33-,34-,35-/m0/s1. The maximum Gasteiger partial charge on any atom is 0.326 e. The van der Waals surface area contributed by atoms with Gasteiger partial charge in [-0.2, -0.15) is 0 Å². The molecule has 2 aliphatic rings. The summed E-state index contributed by atoms with van der Waals surface area (Å²) in [5.41, 5.74) is 0.636. The number of aromatic hydroxyl groups is 1. The topological polar surface area (TPSA) is 144 Å². The van der Waals surface area contributed by atoms with Crippen molar-refractivity contribution in [2.75, 3.05) is 13.1 Å². The van der Waals surface area contributed by atoms with Crippen LogP contribution in [0.4, 0.5) is 0 Å². The number of amides is 3. The molecule has 10 nitrogen and oxygen atoms in total. The van der Waals surface area contributed by atoms with Crippen molar-refractivity contribution in [1.29, 1.82) is 0 Å². The number of carboxylic acids is 1. The summed E-state index contributed by atoms with van der Waals surface area (Å²) in [6.07, 6.45) is 24.0. The van der Waals surface area contributed by atoms with Crippen molar-refractivity contribution in [2.45, 2.75) is 147 Å². The number of rotatable bonds is 23. The smallest absolute Gasteiger partial charge is 0.326 e. The summed E-state index contributed by atoms with van der Waals surface area (Å²) in [5.74, 6) is -2.10. The highest BCUT2D eigenvalue weighted by Gasteiger charge is 2.41. The largest absolute Gasteiger partial charge is 0.508 e. The van der Waals surface area contributed by atoms with Gasteiger partial charge in [-0.25, -0.2) is 4.79 Å². The second-order valence-electron chi connectivity index (χ2n) is 13.7. The first-order valence-electron chi connectivity index (χ1n) is 18.9. The van der Waals surface area contributed by atoms with Gasteiger partial charge in [0.1, 0.15) is 17.8 Å². The number of nitrogens with zero attached hydrogens (tertiary/aromatic N) is 2. The first kappa shape index (κ1) is 40.5. The molecule has 276 valence electrons. The molecular formula is C40H59N3O7. The summed E-state index contributed by atoms with van der Waals surface area (Å²) < 4.78 is 0. The van der Waals surface area contributed by atoms with Crippen molar-refractivity contribution in [3.05, 3.63) is 54.1 Å². The Labute approximate surface area is 298 Å². The van der Waals surface area contributed by atoms with E-state index in [1.165, 1.54) is 37.8 Å². The fourth-order valence-electron chi connectivity index (χ4n) is 6.85. The number of likely N-dealkylation sites (tertiary alicyclic amines) is 2. The second-order valence-corrected chi connectivity index (χ2v) is 13.7. The van der Waals surface area contributed by atoms with Gasteiger partial charge < -0.3 is 25.3 Å². The minimum Gasteiger partial charge on any atom is -0.508 e. The third-order valence-corrected chi connectivity index (χ3v) is 9.71. The average molecular weight is 694 g/mol. The number of carbonyl (C=O) groups excluding carboxylic acids is 4. The number of hydrogen-bond acceptors (Lipinski definition) is 6. The van der Waals surface area contributed by atoms with E-state index in [0.717, 1.165) is 51.4 Å². The van der Waals surface area contributed by atoms with E-state index in [2.05, 4.69) is 36.5 Å². The molecule has 0 spiro atoms. The molecule has 2 saturated heterocycles. The van der Waals surface area contributed by atoms with Crippen molar-refractivity contribution in [1.82, 2.24) is 15.1 Å². The highest BCUT2D eigenvalue weighted by molar-refractivity contribution is 5.95. The minimum absolute atomic E-state index is 0.00515. The number of phenols is 1. The van der Waals surface area contributed by atoms with E-state index in [9.17, 15) is 34.2 Å². The molecule has 1 aromatic carbocycles. The van der Waals surface area contributed by atoms with Crippen molar-refractivity contribution in [3.8, 4) is 5.75 Å². The predicted molar refractivity (Wildman–Crippen MR) is 194 cm³/mol. The predicted octanol–water partition coefficient (Wildman–Crippen LogP) is 6.65. The molecule has 3 rings (SSSR count). The quantitative estimate of drug-likeness (QED) is 0.0860. The molecule has 1 aromatic rings. The molecule has 0 bridgehead atoms. The fourth-order valence-corrected chi connectivity index (χ4v) is 6.85. The first-order chi connectivity index (χ1) is 24.2. The third-order valence-electron chi connectivity index (χ3n) is 9.71. The lowest BCUT2D eigenvalue weighted by Gasteiger charge is -2.31. The minimum atomic E-state index is -1.20. The number of aliphatic carboxylic acids is 1. The fraction of sp³-hybridized carbons (Fsp3) is 0.625. The lowest BCUT2D eigenvalue weighted by molar-refractivity contribution is -0.146. The van der Waals surface area contributed by atoms with E-state index in [4.69, 9.17) is 0 Å². The van der Waals surface area contributed by atoms with Gasteiger partial charge in [-0.3, -0.25) is 19.2 Å². The highest BCUT2D eigenvalue weighted by atomic mass is 16.4. The number of carbonyl (C=O) groups is 5. The Bertz CT molecular complexity index is 1290. The molecule has 0 aliphatic carbocycles. The maximum atomic E-state index is 13.7. The molecule has 0 unspecified atom stereocenters. The lowest BCUT2D eigenvalue weighted by Crippen LogP contribution is -2.51. The molecule has 2 heterocycles. The van der Waals surface area contributed by atoms with Crippen molar-refractivity contribution < 1.29 is 34.2 Å². The number of unbranched alkanes of at least 4 members (excludes halogenated alkanes) is 8. The Morgan fingerprint density at radius 3 is 2.08 bits per heavy atom. The number of phenolic OH excluding ortho intramolecular Hbond substituents is 1. The number of hydrogen-bond donors (Lipinski definition) is 3. The normalized spacial score (nSPS) is 18.3. The molecular weight excluding hydrogens is 634 g/mol. The number of Topliss-reactive ketones (excluding diaryl/α,β-unsaturated/α-hetero) is 1. The molecule has 50 heavy (non-hydrogen) atoms. The van der Waals surface area contributed by atoms with E-state index in [-0.39, 0.29) is 42.6 Å². The molecule has 0 radical (unpaired) electrons. The van der Waals surface area contributed by atoms with Crippen LogP contribution < -0.4 is 5.32 Å². The molecule has 2 aliphatic heterocycles. The number of nitrogens with one attached hydrogen (secondary N) is 1. The van der Waals surface area contributed by atoms with Crippen LogP contribution in [0.2, 0.25) is 0 Å². The van der Waals surface area contributed by atoms with Crippen LogP contribution in [0.15, 0.2) is 48.6 Å². The number of ketones is 1. The van der Waals surface area contributed by atoms with Crippen LogP contribution in [0.5, 0.6) is 5.75 Å². The van der Waals surface area contributed by atoms with E-state index >= 15 is 0 Å². The summed E-state index contributed by atoms with van der Waals surface area (Å²) in [4.78, 5) is 67.7. The van der Waals surface area contributed by atoms with Gasteiger partial charge in [0.05, 0.1) is 6.04 Å². The van der Waals surface area contributed by atoms with Gasteiger partial charge in [0.15, 0.2) is 5.78 Å². The van der Waals surface area contributed by atoms with Gasteiger partial charge in [-0.05, 0) is 81.9 Å². The van der Waals surface area contributed by atoms with Crippen LogP contribution in [0.1, 0.15) is 128 Å². The zero-order valence-corrected chi connectivity index (χ0v) is 30.0. The van der Waals surface area contributed by atoms with E-state index in [1.54, 1.807) is 21.9 Å². The van der Waals surface area contributed by atoms with Gasteiger partial charge in [0, 0.05) is 38.8 Å². The zero-order valence-electron chi connectivity index (χ0n) is 30.0. The monoisotopic (exact) mass is 693 g/mol. The Morgan fingerprint density at radius 1 is 0.780 bits per heavy atom. The molecule has 3 amide bonds. The number of carboxylic acid groups (broad SMARTS) is 1. The molecule has 0 aromatic heterocycles. The van der Waals surface area contributed by atoms with Crippen molar-refractivity contribution >= 4 is 29.5 Å². The van der Waals surface area contributed by atoms with Crippen molar-refractivity contribution in [3.63, 3.8) is 0 Å². The Morgan fingerprint density at radius 2 is 1.40 bits per heavy atom. The highest BCUT2D eigenvalue weighted by Crippen LogP contribution is 2.27. The first-order valence-corrected chi connectivity index (χ1v) is 18.9. The second kappa shape index (κ2) is 22.7. The Hall–Kier alpha value is -3.95. The van der Waals surface area contributed by atoms with Gasteiger partial charge in [0.25, 0.3) is 0 Å². The van der Waals surface area contributed by atoms with Crippen molar-refractivity contribution in [2.24, 2.45) is 0 Å². The van der Waals surface area contributed by atoms with Crippen LogP contribution in [-0.4, -0.2) is 80.7 Å². The van der Waals surface area contributed by atoms with Crippen LogP contribution in [0.25, 0.3) is 0 Å². The van der Waals surface area contributed by atoms with Crippen LogP contribution in [-0.2, 0) is 30.4 Å². The molecule has 3 N–H and O–H groups in total. The molecule has 0 saturated carbocycles. The summed E-state index contributed by atoms with van der Waals surface area (Å²) in [5, 5.41) is 21.5. The summed E-state index contributed by atoms with van der Waals surface area (Å²) in [6.45, 7) is 3.22. The Balaban J connectivity index is 1.35. The number of benzene rings is 1. The molecule has 2 fully saturated rings. The summed E-state index contributed by atoms with van der Waals surface area (Å²) in [7, 11) is 0. The summed E-state index contributed by atoms with van der Waals surface area (Å²) >= 11 is 0. The molecule has 10 heteroatoms. The maximum absolute atomic E-state index is 13.7. The summed E-state index contributed by atoms with van der Waals surface area (Å²) in [6, 6.07) is 3.70.